The number of nitrogens with zero attached hydrogens (tertiary/aromatic N) is 1. The SMILES string of the molecule is O=C(Nc1c(Br)cc(C(Cl)(c2cccc(Cl)c2)C(F)(F)F)cc1Br)c1cccc(NC(=O)c2cccnc2Cl)c1. The summed E-state index contributed by atoms with van der Waals surface area (Å²) < 4.78 is 43.3. The Balaban J connectivity index is 1.61. The molecule has 0 fully saturated rings. The molecule has 0 bridgehead atoms. The van der Waals surface area contributed by atoms with Gasteiger partial charge in [-0.1, -0.05) is 53.0 Å². The van der Waals surface area contributed by atoms with Crippen LogP contribution in [0.3, 0.4) is 0 Å². The van der Waals surface area contributed by atoms with Crippen LogP contribution in [-0.4, -0.2) is 23.0 Å². The molecule has 40 heavy (non-hydrogen) atoms. The first-order chi connectivity index (χ1) is 18.8. The van der Waals surface area contributed by atoms with Crippen LogP contribution >= 0.6 is 66.7 Å². The molecular weight excluding hydrogens is 721 g/mol. The molecule has 13 heteroatoms. The molecule has 2 amide bonds. The summed E-state index contributed by atoms with van der Waals surface area (Å²) in [6.07, 6.45) is -3.45. The number of carbonyl (C=O) groups excluding carboxylic acids is 2. The van der Waals surface area contributed by atoms with Crippen LogP contribution < -0.4 is 10.6 Å². The highest BCUT2D eigenvalue weighted by Crippen LogP contribution is 2.52. The van der Waals surface area contributed by atoms with Crippen LogP contribution in [0.15, 0.2) is 87.9 Å². The number of benzene rings is 3. The predicted molar refractivity (Wildman–Crippen MR) is 158 cm³/mol. The van der Waals surface area contributed by atoms with Gasteiger partial charge in [-0.25, -0.2) is 4.98 Å². The standard InChI is InChI=1S/C27H15Br2Cl3F3N3O2/c28-20-12-16(26(32,27(33,34)35)15-5-2-6-17(30)11-15)13-21(29)22(20)38-24(39)14-4-1-7-18(10-14)37-25(40)19-8-3-9-36-23(19)31/h1-13H,(H,37,40)(H,38,39). The van der Waals surface area contributed by atoms with E-state index >= 15 is 0 Å². The third-order valence-corrected chi connectivity index (χ3v) is 8.12. The second-order valence-corrected chi connectivity index (χ2v) is 11.4. The van der Waals surface area contributed by atoms with Crippen molar-refractivity contribution in [2.45, 2.75) is 11.1 Å². The summed E-state index contributed by atoms with van der Waals surface area (Å²) in [4.78, 5) is 26.6. The maximum atomic E-state index is 14.3. The minimum Gasteiger partial charge on any atom is -0.322 e. The number of nitrogens with one attached hydrogen (secondary N) is 2. The molecular formula is C27H15Br2Cl3F3N3O2. The first kappa shape index (κ1) is 30.3. The quantitative estimate of drug-likeness (QED) is 0.153. The van der Waals surface area contributed by atoms with Gasteiger partial charge in [-0.3, -0.25) is 9.59 Å². The van der Waals surface area contributed by atoms with Crippen molar-refractivity contribution in [3.05, 3.63) is 120 Å². The molecule has 1 atom stereocenters. The highest BCUT2D eigenvalue weighted by Gasteiger charge is 2.56. The van der Waals surface area contributed by atoms with Crippen LogP contribution in [0, 0.1) is 0 Å². The van der Waals surface area contributed by atoms with Crippen LogP contribution in [-0.2, 0) is 4.87 Å². The summed E-state index contributed by atoms with van der Waals surface area (Å²) in [5.74, 6) is -1.11. The number of amides is 2. The van der Waals surface area contributed by atoms with Gasteiger partial charge in [0.25, 0.3) is 11.8 Å². The van der Waals surface area contributed by atoms with Crippen molar-refractivity contribution in [1.82, 2.24) is 4.98 Å². The van der Waals surface area contributed by atoms with Gasteiger partial charge in [-0.2, -0.15) is 13.2 Å². The molecule has 0 saturated heterocycles. The van der Waals surface area contributed by atoms with Gasteiger partial charge >= 0.3 is 6.18 Å². The Morgan fingerprint density at radius 2 is 1.48 bits per heavy atom. The molecule has 3 aromatic carbocycles. The molecule has 1 unspecified atom stereocenters. The van der Waals surface area contributed by atoms with Crippen molar-refractivity contribution in [1.29, 1.82) is 0 Å². The Morgan fingerprint density at radius 3 is 2.10 bits per heavy atom. The molecule has 0 saturated carbocycles. The molecule has 206 valence electrons. The van der Waals surface area contributed by atoms with Crippen LogP contribution in [0.1, 0.15) is 31.8 Å². The van der Waals surface area contributed by atoms with Gasteiger partial charge < -0.3 is 10.6 Å². The third kappa shape index (κ3) is 6.31. The van der Waals surface area contributed by atoms with Crippen molar-refractivity contribution in [2.24, 2.45) is 0 Å². The fourth-order valence-electron chi connectivity index (χ4n) is 3.77. The topological polar surface area (TPSA) is 71.1 Å². The number of hydrogen-bond acceptors (Lipinski definition) is 3. The minimum absolute atomic E-state index is 0.0221. The highest BCUT2D eigenvalue weighted by atomic mass is 79.9. The second-order valence-electron chi connectivity index (χ2n) is 8.31. The van der Waals surface area contributed by atoms with Gasteiger partial charge in [0.15, 0.2) is 4.87 Å². The van der Waals surface area contributed by atoms with E-state index < -0.39 is 22.9 Å². The van der Waals surface area contributed by atoms with Gasteiger partial charge in [0.05, 0.1) is 11.3 Å². The molecule has 1 aromatic heterocycles. The average Bonchev–Trinajstić information content (AvgIpc) is 2.89. The van der Waals surface area contributed by atoms with Gasteiger partial charge in [0, 0.05) is 31.4 Å². The molecule has 4 rings (SSSR count). The van der Waals surface area contributed by atoms with E-state index in [1.807, 2.05) is 0 Å². The molecule has 0 aliphatic carbocycles. The second kappa shape index (κ2) is 12.1. The van der Waals surface area contributed by atoms with Crippen LogP contribution in [0.25, 0.3) is 0 Å². The molecule has 5 nitrogen and oxygen atoms in total. The maximum Gasteiger partial charge on any atom is 0.415 e. The molecule has 0 aliphatic heterocycles. The number of halogens is 8. The molecule has 1 heterocycles. The van der Waals surface area contributed by atoms with E-state index in [-0.39, 0.29) is 47.1 Å². The predicted octanol–water partition coefficient (Wildman–Crippen LogP) is 9.46. The molecule has 2 N–H and O–H groups in total. The Morgan fingerprint density at radius 1 is 0.800 bits per heavy atom. The van der Waals surface area contributed by atoms with E-state index in [1.165, 1.54) is 54.7 Å². The molecule has 0 radical (unpaired) electrons. The van der Waals surface area contributed by atoms with E-state index in [1.54, 1.807) is 18.2 Å². The monoisotopic (exact) mass is 733 g/mol. The number of alkyl halides is 4. The molecule has 0 spiro atoms. The zero-order valence-electron chi connectivity index (χ0n) is 19.8. The lowest BCUT2D eigenvalue weighted by molar-refractivity contribution is -0.154. The fraction of sp³-hybridized carbons (Fsp3) is 0.0741. The number of carbonyl (C=O) groups is 2. The Kier molecular flexibility index (Phi) is 9.16. The minimum atomic E-state index is -4.90. The zero-order valence-corrected chi connectivity index (χ0v) is 25.2. The van der Waals surface area contributed by atoms with Crippen molar-refractivity contribution in [3.63, 3.8) is 0 Å². The summed E-state index contributed by atoms with van der Waals surface area (Å²) in [5.41, 5.74) is 0.218. The van der Waals surface area contributed by atoms with E-state index in [9.17, 15) is 22.8 Å². The van der Waals surface area contributed by atoms with Gasteiger partial charge in [-0.05, 0) is 97.6 Å². The van der Waals surface area contributed by atoms with Crippen LogP contribution in [0.5, 0.6) is 0 Å². The van der Waals surface area contributed by atoms with Gasteiger partial charge in [0.1, 0.15) is 5.15 Å². The summed E-state index contributed by atoms with van der Waals surface area (Å²) in [7, 11) is 0. The van der Waals surface area contributed by atoms with E-state index in [0.29, 0.717) is 5.69 Å². The fourth-order valence-corrected chi connectivity index (χ4v) is 5.77. The Bertz CT molecular complexity index is 1600. The summed E-state index contributed by atoms with van der Waals surface area (Å²) in [6.45, 7) is 0. The smallest absolute Gasteiger partial charge is 0.322 e. The van der Waals surface area contributed by atoms with Crippen molar-refractivity contribution < 1.29 is 22.8 Å². The first-order valence-corrected chi connectivity index (χ1v) is 13.9. The highest BCUT2D eigenvalue weighted by molar-refractivity contribution is 9.11. The van der Waals surface area contributed by atoms with Gasteiger partial charge in [-0.15, -0.1) is 0 Å². The Labute approximate surface area is 258 Å². The summed E-state index contributed by atoms with van der Waals surface area (Å²) in [6, 6.07) is 16.7. The molecule has 4 aromatic rings. The largest absolute Gasteiger partial charge is 0.415 e. The lowest BCUT2D eigenvalue weighted by Gasteiger charge is -2.31. The lowest BCUT2D eigenvalue weighted by Crippen LogP contribution is -2.38. The zero-order chi connectivity index (χ0) is 29.2. The van der Waals surface area contributed by atoms with Crippen LogP contribution in [0.4, 0.5) is 24.5 Å². The Hall–Kier alpha value is -2.63. The van der Waals surface area contributed by atoms with E-state index in [4.69, 9.17) is 34.8 Å². The first-order valence-electron chi connectivity index (χ1n) is 11.2. The average molecular weight is 737 g/mol. The van der Waals surface area contributed by atoms with Crippen LogP contribution in [0.2, 0.25) is 10.2 Å². The van der Waals surface area contributed by atoms with E-state index in [0.717, 1.165) is 6.07 Å². The third-order valence-electron chi connectivity index (χ3n) is 5.68. The molecule has 0 aliphatic rings. The number of pyridine rings is 1. The maximum absolute atomic E-state index is 14.3. The normalized spacial score (nSPS) is 12.9. The van der Waals surface area contributed by atoms with Crippen molar-refractivity contribution in [2.75, 3.05) is 10.6 Å². The van der Waals surface area contributed by atoms with E-state index in [2.05, 4.69) is 47.5 Å². The van der Waals surface area contributed by atoms with Crippen molar-refractivity contribution >= 4 is 89.9 Å². The van der Waals surface area contributed by atoms with Crippen molar-refractivity contribution in [3.8, 4) is 0 Å². The van der Waals surface area contributed by atoms with Gasteiger partial charge in [0.2, 0.25) is 0 Å². The number of hydrogen-bond donors (Lipinski definition) is 2. The number of anilines is 2. The summed E-state index contributed by atoms with van der Waals surface area (Å²) >= 11 is 24.7. The summed E-state index contributed by atoms with van der Waals surface area (Å²) in [5, 5.41) is 5.42. The number of rotatable bonds is 6. The number of aromatic nitrogens is 1. The lowest BCUT2D eigenvalue weighted by atomic mass is 9.89.